The third-order valence-corrected chi connectivity index (χ3v) is 3.53. The molecule has 1 atom stereocenters. The van der Waals surface area contributed by atoms with Crippen LogP contribution in [0.15, 0.2) is 24.3 Å². The Balaban J connectivity index is 1.93. The Morgan fingerprint density at radius 1 is 1.26 bits per heavy atom. The van der Waals surface area contributed by atoms with Crippen LogP contribution < -0.4 is 10.1 Å². The van der Waals surface area contributed by atoms with Crippen molar-refractivity contribution in [2.75, 3.05) is 20.2 Å². The Morgan fingerprint density at radius 2 is 1.96 bits per heavy atom. The van der Waals surface area contributed by atoms with Gasteiger partial charge in [0, 0.05) is 19.1 Å². The lowest BCUT2D eigenvalue weighted by atomic mass is 10.1. The fourth-order valence-electron chi connectivity index (χ4n) is 2.47. The number of benzene rings is 1. The molecule has 6 heteroatoms. The van der Waals surface area contributed by atoms with E-state index >= 15 is 0 Å². The van der Waals surface area contributed by atoms with Crippen LogP contribution in [0.25, 0.3) is 0 Å². The maximum Gasteiger partial charge on any atom is 0.410 e. The Labute approximate surface area is 136 Å². The minimum absolute atomic E-state index is 0.0834. The zero-order chi connectivity index (χ0) is 17.0. The van der Waals surface area contributed by atoms with Crippen LogP contribution in [0.1, 0.15) is 37.6 Å². The minimum Gasteiger partial charge on any atom is -0.496 e. The molecule has 1 aliphatic rings. The highest BCUT2D eigenvalue weighted by Gasteiger charge is 2.30. The van der Waals surface area contributed by atoms with Crippen molar-refractivity contribution in [3.63, 3.8) is 0 Å². The Bertz CT molecular complexity index is 580. The lowest BCUT2D eigenvalue weighted by Gasteiger charge is -2.24. The number of carbonyl (C=O) groups is 2. The molecule has 1 saturated heterocycles. The average Bonchev–Trinajstić information content (AvgIpc) is 2.94. The summed E-state index contributed by atoms with van der Waals surface area (Å²) in [6.07, 6.45) is 0.367. The molecule has 2 amide bonds. The summed E-state index contributed by atoms with van der Waals surface area (Å²) < 4.78 is 10.6. The Kier molecular flexibility index (Phi) is 5.13. The molecule has 0 radical (unpaired) electrons. The van der Waals surface area contributed by atoms with Crippen LogP contribution in [0.4, 0.5) is 4.79 Å². The topological polar surface area (TPSA) is 67.9 Å². The quantitative estimate of drug-likeness (QED) is 0.929. The number of rotatable bonds is 3. The van der Waals surface area contributed by atoms with Crippen LogP contribution in [0, 0.1) is 0 Å². The number of para-hydroxylation sites is 1. The number of nitrogens with zero attached hydrogens (tertiary/aromatic N) is 1. The van der Waals surface area contributed by atoms with Gasteiger partial charge in [-0.25, -0.2) is 4.79 Å². The third kappa shape index (κ3) is 4.61. The molecular formula is C17H24N2O4. The van der Waals surface area contributed by atoms with E-state index in [1.807, 2.05) is 26.8 Å². The van der Waals surface area contributed by atoms with Crippen LogP contribution in [0.3, 0.4) is 0 Å². The molecular weight excluding hydrogens is 296 g/mol. The van der Waals surface area contributed by atoms with Crippen LogP contribution in [0.2, 0.25) is 0 Å². The number of hydrogen-bond acceptors (Lipinski definition) is 4. The highest BCUT2D eigenvalue weighted by molar-refractivity contribution is 5.97. The van der Waals surface area contributed by atoms with E-state index in [0.29, 0.717) is 30.8 Å². The zero-order valence-electron chi connectivity index (χ0n) is 14.1. The summed E-state index contributed by atoms with van der Waals surface area (Å²) in [5.74, 6) is 0.338. The van der Waals surface area contributed by atoms with Gasteiger partial charge in [0.05, 0.1) is 12.7 Å². The standard InChI is InChI=1S/C17H24N2O4/c1-17(2,3)23-16(21)19-10-9-12(11-19)18-15(20)13-7-5-6-8-14(13)22-4/h5-8,12H,9-11H2,1-4H3,(H,18,20)/t12-/m0/s1. The van der Waals surface area contributed by atoms with Gasteiger partial charge < -0.3 is 19.7 Å². The SMILES string of the molecule is COc1ccccc1C(=O)N[C@H]1CCN(C(=O)OC(C)(C)C)C1. The molecule has 1 N–H and O–H groups in total. The number of hydrogen-bond donors (Lipinski definition) is 1. The van der Waals surface area contributed by atoms with Crippen LogP contribution in [-0.4, -0.2) is 48.7 Å². The van der Waals surface area contributed by atoms with Gasteiger partial charge >= 0.3 is 6.09 Å². The normalized spacial score (nSPS) is 17.7. The fraction of sp³-hybridized carbons (Fsp3) is 0.529. The molecule has 0 saturated carbocycles. The van der Waals surface area contributed by atoms with E-state index in [9.17, 15) is 9.59 Å². The first-order valence-corrected chi connectivity index (χ1v) is 7.72. The van der Waals surface area contributed by atoms with Crippen molar-refractivity contribution in [1.29, 1.82) is 0 Å². The first kappa shape index (κ1) is 17.1. The average molecular weight is 320 g/mol. The van der Waals surface area contributed by atoms with Crippen molar-refractivity contribution >= 4 is 12.0 Å². The molecule has 0 spiro atoms. The van der Waals surface area contributed by atoms with Gasteiger partial charge in [-0.05, 0) is 39.3 Å². The molecule has 0 aliphatic carbocycles. The summed E-state index contributed by atoms with van der Waals surface area (Å²) in [5, 5.41) is 2.95. The number of amides is 2. The molecule has 1 aromatic carbocycles. The van der Waals surface area contributed by atoms with Gasteiger partial charge in [-0.3, -0.25) is 4.79 Å². The van der Waals surface area contributed by atoms with Crippen molar-refractivity contribution in [2.45, 2.75) is 38.8 Å². The lowest BCUT2D eigenvalue weighted by Crippen LogP contribution is -2.40. The summed E-state index contributed by atoms with van der Waals surface area (Å²) in [7, 11) is 1.53. The molecule has 126 valence electrons. The van der Waals surface area contributed by atoms with E-state index in [2.05, 4.69) is 5.32 Å². The molecule has 1 aromatic rings. The van der Waals surface area contributed by atoms with Gasteiger partial charge in [-0.15, -0.1) is 0 Å². The molecule has 0 aromatic heterocycles. The van der Waals surface area contributed by atoms with Crippen LogP contribution >= 0.6 is 0 Å². The summed E-state index contributed by atoms with van der Waals surface area (Å²) in [5.41, 5.74) is -0.0266. The Hall–Kier alpha value is -2.24. The predicted molar refractivity (Wildman–Crippen MR) is 86.7 cm³/mol. The molecule has 0 unspecified atom stereocenters. The summed E-state index contributed by atoms with van der Waals surface area (Å²) in [4.78, 5) is 26.0. The smallest absolute Gasteiger partial charge is 0.410 e. The van der Waals surface area contributed by atoms with E-state index in [1.54, 1.807) is 23.1 Å². The van der Waals surface area contributed by atoms with Crippen molar-refractivity contribution in [3.8, 4) is 5.75 Å². The van der Waals surface area contributed by atoms with Gasteiger partial charge in [0.25, 0.3) is 5.91 Å². The molecule has 0 bridgehead atoms. The van der Waals surface area contributed by atoms with Gasteiger partial charge in [0.1, 0.15) is 11.4 Å². The second-order valence-corrected chi connectivity index (χ2v) is 6.59. The van der Waals surface area contributed by atoms with Gasteiger partial charge in [-0.2, -0.15) is 0 Å². The highest BCUT2D eigenvalue weighted by atomic mass is 16.6. The first-order chi connectivity index (χ1) is 10.8. The van der Waals surface area contributed by atoms with Crippen LogP contribution in [-0.2, 0) is 4.74 Å². The summed E-state index contributed by atoms with van der Waals surface area (Å²) >= 11 is 0. The van der Waals surface area contributed by atoms with Crippen molar-refractivity contribution in [1.82, 2.24) is 10.2 Å². The van der Waals surface area contributed by atoms with E-state index in [-0.39, 0.29) is 18.0 Å². The van der Waals surface area contributed by atoms with E-state index < -0.39 is 5.60 Å². The first-order valence-electron chi connectivity index (χ1n) is 7.72. The van der Waals surface area contributed by atoms with Crippen molar-refractivity contribution < 1.29 is 19.1 Å². The fourth-order valence-corrected chi connectivity index (χ4v) is 2.47. The number of likely N-dealkylation sites (tertiary alicyclic amines) is 1. The van der Waals surface area contributed by atoms with E-state index in [0.717, 1.165) is 0 Å². The molecule has 1 fully saturated rings. The van der Waals surface area contributed by atoms with Gasteiger partial charge in [0.2, 0.25) is 0 Å². The van der Waals surface area contributed by atoms with Crippen molar-refractivity contribution in [2.24, 2.45) is 0 Å². The highest BCUT2D eigenvalue weighted by Crippen LogP contribution is 2.19. The number of methoxy groups -OCH3 is 1. The minimum atomic E-state index is -0.518. The number of ether oxygens (including phenoxy) is 2. The van der Waals surface area contributed by atoms with Crippen LogP contribution in [0.5, 0.6) is 5.75 Å². The maximum absolute atomic E-state index is 12.4. The molecule has 1 heterocycles. The zero-order valence-corrected chi connectivity index (χ0v) is 14.1. The monoisotopic (exact) mass is 320 g/mol. The van der Waals surface area contributed by atoms with Gasteiger partial charge in [-0.1, -0.05) is 12.1 Å². The van der Waals surface area contributed by atoms with Gasteiger partial charge in [0.15, 0.2) is 0 Å². The summed E-state index contributed by atoms with van der Waals surface area (Å²) in [6.45, 7) is 6.54. The van der Waals surface area contributed by atoms with E-state index in [1.165, 1.54) is 7.11 Å². The largest absolute Gasteiger partial charge is 0.496 e. The summed E-state index contributed by atoms with van der Waals surface area (Å²) in [6, 6.07) is 6.99. The number of nitrogens with one attached hydrogen (secondary N) is 1. The maximum atomic E-state index is 12.4. The predicted octanol–water partition coefficient (Wildman–Crippen LogP) is 2.43. The molecule has 23 heavy (non-hydrogen) atoms. The number of carbonyl (C=O) groups excluding carboxylic acids is 2. The molecule has 1 aliphatic heterocycles. The third-order valence-electron chi connectivity index (χ3n) is 3.53. The Morgan fingerprint density at radius 3 is 2.61 bits per heavy atom. The lowest BCUT2D eigenvalue weighted by molar-refractivity contribution is 0.0290. The molecule has 2 rings (SSSR count). The van der Waals surface area contributed by atoms with Crippen molar-refractivity contribution in [3.05, 3.63) is 29.8 Å². The molecule has 6 nitrogen and oxygen atoms in total. The second kappa shape index (κ2) is 6.89. The second-order valence-electron chi connectivity index (χ2n) is 6.59. The van der Waals surface area contributed by atoms with E-state index in [4.69, 9.17) is 9.47 Å².